The lowest BCUT2D eigenvalue weighted by atomic mass is 10.0. The molecule has 1 unspecified atom stereocenters. The van der Waals surface area contributed by atoms with Gasteiger partial charge < -0.3 is 14.2 Å². The second kappa shape index (κ2) is 70.8. The fourth-order valence-corrected chi connectivity index (χ4v) is 10.2. The van der Waals surface area contributed by atoms with Gasteiger partial charge in [0.2, 0.25) is 0 Å². The lowest BCUT2D eigenvalue weighted by Gasteiger charge is -2.18. The Balaban J connectivity index is 4.43. The molecule has 0 bridgehead atoms. The first-order valence-corrected chi connectivity index (χ1v) is 35.7. The Bertz CT molecular complexity index is 1610. The van der Waals surface area contributed by atoms with E-state index in [9.17, 15) is 14.4 Å². The topological polar surface area (TPSA) is 78.9 Å². The van der Waals surface area contributed by atoms with Crippen molar-refractivity contribution >= 4 is 17.9 Å². The molecule has 0 aliphatic rings. The van der Waals surface area contributed by atoms with Crippen LogP contribution in [0.1, 0.15) is 355 Å². The van der Waals surface area contributed by atoms with Gasteiger partial charge in [0, 0.05) is 19.3 Å². The van der Waals surface area contributed by atoms with Gasteiger partial charge in [-0.05, 0) is 103 Å². The summed E-state index contributed by atoms with van der Waals surface area (Å²) < 4.78 is 17.0. The van der Waals surface area contributed by atoms with Crippen molar-refractivity contribution in [3.8, 4) is 0 Å². The Morgan fingerprint density at radius 3 is 0.759 bits per heavy atom. The predicted octanol–water partition coefficient (Wildman–Crippen LogP) is 24.8. The third-order valence-corrected chi connectivity index (χ3v) is 15.6. The van der Waals surface area contributed by atoms with Gasteiger partial charge in [-0.3, -0.25) is 14.4 Å². The largest absolute Gasteiger partial charge is 0.462 e. The second-order valence-corrected chi connectivity index (χ2v) is 23.8. The summed E-state index contributed by atoms with van der Waals surface area (Å²) in [5.74, 6) is -0.903. The Labute approximate surface area is 515 Å². The van der Waals surface area contributed by atoms with Gasteiger partial charge in [0.15, 0.2) is 6.10 Å². The summed E-state index contributed by atoms with van der Waals surface area (Å²) >= 11 is 0. The zero-order chi connectivity index (χ0) is 59.9. The molecule has 478 valence electrons. The molecule has 0 amide bonds. The van der Waals surface area contributed by atoms with E-state index in [1.54, 1.807) is 0 Å². The zero-order valence-electron chi connectivity index (χ0n) is 54.9. The summed E-state index contributed by atoms with van der Waals surface area (Å²) in [4.78, 5) is 38.5. The highest BCUT2D eigenvalue weighted by atomic mass is 16.6. The second-order valence-electron chi connectivity index (χ2n) is 23.8. The Hall–Kier alpha value is -3.67. The van der Waals surface area contributed by atoms with Crippen molar-refractivity contribution < 1.29 is 28.6 Å². The van der Waals surface area contributed by atoms with Gasteiger partial charge in [-0.2, -0.15) is 0 Å². The Morgan fingerprint density at radius 2 is 0.470 bits per heavy atom. The van der Waals surface area contributed by atoms with Gasteiger partial charge >= 0.3 is 17.9 Å². The molecule has 0 rings (SSSR count). The van der Waals surface area contributed by atoms with E-state index in [2.05, 4.69) is 118 Å². The van der Waals surface area contributed by atoms with E-state index in [1.807, 2.05) is 0 Å². The molecule has 0 aliphatic heterocycles. The molecule has 0 fully saturated rings. The summed E-state index contributed by atoms with van der Waals surface area (Å²) in [7, 11) is 0. The first-order chi connectivity index (χ1) is 41.0. The molecular weight excluding hydrogens is 1020 g/mol. The molecule has 0 heterocycles. The van der Waals surface area contributed by atoms with Crippen LogP contribution in [0, 0.1) is 0 Å². The standard InChI is InChI=1S/C77H134O6/c1-4-7-10-13-16-19-22-25-28-31-34-36-37-38-39-41-43-46-49-52-55-58-61-64-67-70-76(79)82-73-74(72-81-75(78)69-66-63-60-57-54-51-48-45-42-33-30-27-24-21-18-15-12-9-6-3)83-77(80)71-68-65-62-59-56-53-50-47-44-40-35-32-29-26-23-20-17-14-11-8-5-2/h7,10,16,19,25,28,32,34-36,38-39,43,46,52,55,74H,4-6,8-9,11-15,17-18,20-24,26-27,29-31,33,37,40-42,44-45,47-51,53-54,56-73H2,1-3H3/b10-7-,19-16-,28-25-,35-32-,36-34-,39-38-,46-43-,55-52-. The molecule has 0 saturated heterocycles. The van der Waals surface area contributed by atoms with E-state index in [0.717, 1.165) is 109 Å². The number of carbonyl (C=O) groups excluding carboxylic acids is 3. The minimum absolute atomic E-state index is 0.0858. The first kappa shape index (κ1) is 79.3. The minimum Gasteiger partial charge on any atom is -0.462 e. The first-order valence-electron chi connectivity index (χ1n) is 35.7. The minimum atomic E-state index is -0.794. The summed E-state index contributed by atoms with van der Waals surface area (Å²) in [5.41, 5.74) is 0. The molecule has 0 saturated carbocycles. The fraction of sp³-hybridized carbons (Fsp3) is 0.753. The molecule has 0 aromatic heterocycles. The van der Waals surface area contributed by atoms with Crippen LogP contribution < -0.4 is 0 Å². The molecule has 1 atom stereocenters. The maximum atomic E-state index is 13.0. The van der Waals surface area contributed by atoms with Gasteiger partial charge in [-0.25, -0.2) is 0 Å². The highest BCUT2D eigenvalue weighted by molar-refractivity contribution is 5.71. The van der Waals surface area contributed by atoms with Crippen LogP contribution in [-0.4, -0.2) is 37.2 Å². The van der Waals surface area contributed by atoms with Crippen LogP contribution in [0.4, 0.5) is 0 Å². The molecular formula is C77H134O6. The average molecular weight is 1160 g/mol. The van der Waals surface area contributed by atoms with E-state index in [-0.39, 0.29) is 31.1 Å². The molecule has 6 nitrogen and oxygen atoms in total. The van der Waals surface area contributed by atoms with Crippen LogP contribution in [0.2, 0.25) is 0 Å². The summed E-state index contributed by atoms with van der Waals surface area (Å²) in [6.45, 7) is 6.55. The monoisotopic (exact) mass is 1160 g/mol. The van der Waals surface area contributed by atoms with Crippen LogP contribution in [0.25, 0.3) is 0 Å². The van der Waals surface area contributed by atoms with Crippen LogP contribution in [0.15, 0.2) is 97.2 Å². The molecule has 0 radical (unpaired) electrons. The molecule has 0 aromatic carbocycles. The van der Waals surface area contributed by atoms with E-state index in [4.69, 9.17) is 14.2 Å². The van der Waals surface area contributed by atoms with E-state index in [0.29, 0.717) is 19.3 Å². The van der Waals surface area contributed by atoms with Crippen LogP contribution >= 0.6 is 0 Å². The molecule has 0 N–H and O–H groups in total. The van der Waals surface area contributed by atoms with E-state index < -0.39 is 6.10 Å². The SMILES string of the molecule is CC/C=C\C/C=C\C/C=C\C/C=C\C/C=C\C/C=C\C/C=C\CCCCCC(=O)OCC(COC(=O)CCCCCCCCCCCCCCCCCCCCC)OC(=O)CCCCCCCCCCC/C=C\CCCCCCCCCC. The lowest BCUT2D eigenvalue weighted by Crippen LogP contribution is -2.30. The van der Waals surface area contributed by atoms with Crippen molar-refractivity contribution in [2.24, 2.45) is 0 Å². The van der Waals surface area contributed by atoms with Crippen molar-refractivity contribution in [3.05, 3.63) is 97.2 Å². The fourth-order valence-electron chi connectivity index (χ4n) is 10.2. The normalized spacial score (nSPS) is 12.7. The van der Waals surface area contributed by atoms with Crippen molar-refractivity contribution in [1.29, 1.82) is 0 Å². The number of unbranched alkanes of at least 4 members (excludes halogenated alkanes) is 38. The molecule has 83 heavy (non-hydrogen) atoms. The quantitative estimate of drug-likeness (QED) is 0.0261. The van der Waals surface area contributed by atoms with Crippen molar-refractivity contribution in [2.45, 2.75) is 361 Å². The summed E-state index contributed by atoms with van der Waals surface area (Å²) in [6, 6.07) is 0. The number of esters is 3. The van der Waals surface area contributed by atoms with E-state index in [1.165, 1.54) is 205 Å². The summed E-state index contributed by atoms with van der Waals surface area (Å²) in [6.07, 6.45) is 95.7. The number of allylic oxidation sites excluding steroid dienone is 16. The van der Waals surface area contributed by atoms with Crippen molar-refractivity contribution in [1.82, 2.24) is 0 Å². The van der Waals surface area contributed by atoms with Gasteiger partial charge in [-0.15, -0.1) is 0 Å². The Morgan fingerprint density at radius 1 is 0.253 bits per heavy atom. The number of carbonyl (C=O) groups is 3. The van der Waals surface area contributed by atoms with Gasteiger partial charge in [0.25, 0.3) is 0 Å². The number of ether oxygens (including phenoxy) is 3. The smallest absolute Gasteiger partial charge is 0.306 e. The highest BCUT2D eigenvalue weighted by Crippen LogP contribution is 2.17. The molecule has 0 aromatic rings. The van der Waals surface area contributed by atoms with Gasteiger partial charge in [-0.1, -0.05) is 330 Å². The third kappa shape index (κ3) is 69.0. The van der Waals surface area contributed by atoms with Crippen LogP contribution in [0.3, 0.4) is 0 Å². The number of hydrogen-bond donors (Lipinski definition) is 0. The lowest BCUT2D eigenvalue weighted by molar-refractivity contribution is -0.167. The number of hydrogen-bond acceptors (Lipinski definition) is 6. The zero-order valence-corrected chi connectivity index (χ0v) is 54.9. The number of rotatable bonds is 65. The highest BCUT2D eigenvalue weighted by Gasteiger charge is 2.19. The Kier molecular flexibility index (Phi) is 67.7. The van der Waals surface area contributed by atoms with Gasteiger partial charge in [0.1, 0.15) is 13.2 Å². The molecule has 0 aliphatic carbocycles. The maximum Gasteiger partial charge on any atom is 0.306 e. The van der Waals surface area contributed by atoms with Crippen LogP contribution in [0.5, 0.6) is 0 Å². The van der Waals surface area contributed by atoms with Crippen molar-refractivity contribution in [3.63, 3.8) is 0 Å². The third-order valence-electron chi connectivity index (χ3n) is 15.6. The van der Waals surface area contributed by atoms with Crippen LogP contribution in [-0.2, 0) is 28.6 Å². The maximum absolute atomic E-state index is 13.0. The summed E-state index contributed by atoms with van der Waals surface area (Å²) in [5, 5.41) is 0. The van der Waals surface area contributed by atoms with E-state index >= 15 is 0 Å². The van der Waals surface area contributed by atoms with Gasteiger partial charge in [0.05, 0.1) is 0 Å². The molecule has 6 heteroatoms. The molecule has 0 spiro atoms. The van der Waals surface area contributed by atoms with Crippen molar-refractivity contribution in [2.75, 3.05) is 13.2 Å². The average Bonchev–Trinajstić information content (AvgIpc) is 3.50. The predicted molar refractivity (Wildman–Crippen MR) is 362 cm³/mol.